The van der Waals surface area contributed by atoms with E-state index in [1.165, 1.54) is 0 Å². The van der Waals surface area contributed by atoms with E-state index in [1.807, 2.05) is 17.1 Å². The van der Waals surface area contributed by atoms with Gasteiger partial charge >= 0.3 is 0 Å². The van der Waals surface area contributed by atoms with Gasteiger partial charge in [-0.05, 0) is 30.2 Å². The maximum absolute atomic E-state index is 11.3. The lowest BCUT2D eigenvalue weighted by molar-refractivity contribution is 0.490. The minimum absolute atomic E-state index is 0.0125. The first-order valence-corrected chi connectivity index (χ1v) is 5.59. The molecule has 1 radical (unpaired) electrons. The molecule has 2 heterocycles. The highest BCUT2D eigenvalue weighted by Gasteiger charge is 2.14. The zero-order valence-electron chi connectivity index (χ0n) is 9.80. The van der Waals surface area contributed by atoms with Crippen molar-refractivity contribution in [3.05, 3.63) is 40.3 Å². The first-order chi connectivity index (χ1) is 8.20. The molecule has 5 heteroatoms. The molecule has 0 atom stereocenters. The standard InChI is InChI=1S/C12H14BN2O2/c1-14-7-11(4-5-12(14)17)10-3-2-6-15(8-10)13-9-16/h3-5,7,9H,2,6,8H2,1H3. The Kier molecular flexibility index (Phi) is 3.59. The van der Waals surface area contributed by atoms with E-state index in [0.29, 0.717) is 0 Å². The van der Waals surface area contributed by atoms with Gasteiger partial charge < -0.3 is 14.2 Å². The molecule has 0 aromatic carbocycles. The lowest BCUT2D eigenvalue weighted by Crippen LogP contribution is -2.34. The first-order valence-electron chi connectivity index (χ1n) is 5.59. The second-order valence-electron chi connectivity index (χ2n) is 4.14. The Labute approximate surface area is 101 Å². The highest BCUT2D eigenvalue weighted by Crippen LogP contribution is 2.18. The Hall–Kier alpha value is -1.62. The van der Waals surface area contributed by atoms with Crippen molar-refractivity contribution in [2.24, 2.45) is 7.05 Å². The predicted octanol–water partition coefficient (Wildman–Crippen LogP) is 0.284. The van der Waals surface area contributed by atoms with Gasteiger partial charge in [0.1, 0.15) is 0 Å². The van der Waals surface area contributed by atoms with E-state index in [4.69, 9.17) is 0 Å². The molecule has 0 spiro atoms. The van der Waals surface area contributed by atoms with Crippen molar-refractivity contribution in [3.63, 3.8) is 0 Å². The topological polar surface area (TPSA) is 42.3 Å². The van der Waals surface area contributed by atoms with E-state index in [1.54, 1.807) is 25.1 Å². The van der Waals surface area contributed by atoms with Crippen molar-refractivity contribution in [2.45, 2.75) is 6.42 Å². The van der Waals surface area contributed by atoms with Gasteiger partial charge in [-0.15, -0.1) is 0 Å². The number of hydrogen-bond donors (Lipinski definition) is 0. The van der Waals surface area contributed by atoms with E-state index >= 15 is 0 Å². The summed E-state index contributed by atoms with van der Waals surface area (Å²) in [5.41, 5.74) is 2.18. The molecule has 0 N–H and O–H groups in total. The van der Waals surface area contributed by atoms with Gasteiger partial charge in [-0.3, -0.25) is 4.79 Å². The van der Waals surface area contributed by atoms with Gasteiger partial charge in [0.05, 0.1) is 6.19 Å². The predicted molar refractivity (Wildman–Crippen MR) is 68.4 cm³/mol. The van der Waals surface area contributed by atoms with Crippen LogP contribution in [0.3, 0.4) is 0 Å². The van der Waals surface area contributed by atoms with Gasteiger partial charge in [-0.25, -0.2) is 0 Å². The van der Waals surface area contributed by atoms with E-state index in [9.17, 15) is 9.59 Å². The summed E-state index contributed by atoms with van der Waals surface area (Å²) in [6.45, 7) is 1.59. The number of aromatic nitrogens is 1. The summed E-state index contributed by atoms with van der Waals surface area (Å²) >= 11 is 0. The Balaban J connectivity index is 2.21. The van der Waals surface area contributed by atoms with Gasteiger partial charge in [0.15, 0.2) is 0 Å². The quantitative estimate of drug-likeness (QED) is 0.552. The highest BCUT2D eigenvalue weighted by molar-refractivity contribution is 6.64. The van der Waals surface area contributed by atoms with E-state index in [2.05, 4.69) is 6.08 Å². The van der Waals surface area contributed by atoms with Gasteiger partial charge in [-0.2, -0.15) is 0 Å². The SMILES string of the molecule is Cn1cc(C2=CCCN([B]C=O)C2)ccc1=O. The van der Waals surface area contributed by atoms with Gasteiger partial charge in [-0.1, -0.05) is 6.08 Å². The van der Waals surface area contributed by atoms with Crippen LogP contribution in [-0.2, 0) is 11.8 Å². The van der Waals surface area contributed by atoms with Gasteiger partial charge in [0.25, 0.3) is 7.41 Å². The molecule has 0 bridgehead atoms. The van der Waals surface area contributed by atoms with Crippen LogP contribution < -0.4 is 5.56 Å². The van der Waals surface area contributed by atoms with Crippen LogP contribution in [0.1, 0.15) is 12.0 Å². The molecule has 0 saturated carbocycles. The molecule has 0 unspecified atom stereocenters. The van der Waals surface area contributed by atoms with Crippen molar-refractivity contribution >= 4 is 19.2 Å². The highest BCUT2D eigenvalue weighted by atomic mass is 16.1. The Morgan fingerprint density at radius 2 is 2.24 bits per heavy atom. The second kappa shape index (κ2) is 5.14. The zero-order chi connectivity index (χ0) is 12.3. The molecule has 0 saturated heterocycles. The Bertz CT molecular complexity index is 507. The van der Waals surface area contributed by atoms with Crippen LogP contribution in [0.5, 0.6) is 0 Å². The van der Waals surface area contributed by atoms with Crippen molar-refractivity contribution in [1.29, 1.82) is 0 Å². The second-order valence-corrected chi connectivity index (χ2v) is 4.14. The zero-order valence-corrected chi connectivity index (χ0v) is 9.80. The van der Waals surface area contributed by atoms with Crippen LogP contribution in [0.4, 0.5) is 0 Å². The number of nitrogens with zero attached hydrogens (tertiary/aromatic N) is 2. The number of carbonyl (C=O) groups excluding carboxylic acids is 1. The summed E-state index contributed by atoms with van der Waals surface area (Å²) in [6.07, 6.45) is 5.72. The third-order valence-corrected chi connectivity index (χ3v) is 2.91. The molecule has 0 amide bonds. The monoisotopic (exact) mass is 229 g/mol. The maximum atomic E-state index is 11.3. The molecular formula is C12H14BN2O2. The molecule has 1 aromatic rings. The third-order valence-electron chi connectivity index (χ3n) is 2.91. The molecule has 4 nitrogen and oxygen atoms in total. The summed E-state index contributed by atoms with van der Waals surface area (Å²) in [5.74, 6) is 0. The van der Waals surface area contributed by atoms with Crippen molar-refractivity contribution in [3.8, 4) is 0 Å². The molecule has 1 aliphatic heterocycles. The van der Waals surface area contributed by atoms with Crippen molar-refractivity contribution < 1.29 is 4.79 Å². The summed E-state index contributed by atoms with van der Waals surface area (Å²) < 4.78 is 1.57. The number of hydrogen-bond acceptors (Lipinski definition) is 3. The molecular weight excluding hydrogens is 215 g/mol. The molecule has 1 aliphatic rings. The lowest BCUT2D eigenvalue weighted by Gasteiger charge is -2.25. The van der Waals surface area contributed by atoms with E-state index < -0.39 is 0 Å². The molecule has 87 valence electrons. The lowest BCUT2D eigenvalue weighted by atomic mass is 9.90. The van der Waals surface area contributed by atoms with Gasteiger partial charge in [0, 0.05) is 25.9 Å². The Morgan fingerprint density at radius 3 is 2.94 bits per heavy atom. The smallest absolute Gasteiger partial charge is 0.293 e. The minimum atomic E-state index is -0.0125. The third kappa shape index (κ3) is 2.74. The largest absolute Gasteiger partial charge is 0.336 e. The first kappa shape index (κ1) is 11.9. The summed E-state index contributed by atoms with van der Waals surface area (Å²) in [4.78, 5) is 23.7. The van der Waals surface area contributed by atoms with Crippen LogP contribution in [0.15, 0.2) is 29.2 Å². The van der Waals surface area contributed by atoms with Crippen molar-refractivity contribution in [1.82, 2.24) is 9.38 Å². The number of pyridine rings is 1. The molecule has 2 rings (SSSR count). The molecule has 1 aromatic heterocycles. The number of carbonyl (C=O) groups is 1. The molecule has 0 fully saturated rings. The normalized spacial score (nSPS) is 16.4. The van der Waals surface area contributed by atoms with Crippen LogP contribution in [0, 0.1) is 0 Å². The fourth-order valence-corrected chi connectivity index (χ4v) is 1.97. The summed E-state index contributed by atoms with van der Waals surface area (Å²) in [7, 11) is 3.31. The van der Waals surface area contributed by atoms with Crippen LogP contribution in [0.2, 0.25) is 0 Å². The minimum Gasteiger partial charge on any atom is -0.336 e. The fourth-order valence-electron chi connectivity index (χ4n) is 1.97. The van der Waals surface area contributed by atoms with Gasteiger partial charge in [0.2, 0.25) is 5.56 Å². The summed E-state index contributed by atoms with van der Waals surface area (Å²) in [6, 6.07) is 3.40. The number of aryl methyl sites for hydroxylation is 1. The average Bonchev–Trinajstić information content (AvgIpc) is 2.33. The summed E-state index contributed by atoms with van der Waals surface area (Å²) in [5, 5.41) is 0. The van der Waals surface area contributed by atoms with Crippen LogP contribution >= 0.6 is 0 Å². The van der Waals surface area contributed by atoms with E-state index in [0.717, 1.165) is 36.8 Å². The Morgan fingerprint density at radius 1 is 1.41 bits per heavy atom. The van der Waals surface area contributed by atoms with Crippen molar-refractivity contribution in [2.75, 3.05) is 13.1 Å². The average molecular weight is 229 g/mol. The maximum Gasteiger partial charge on any atom is 0.293 e. The van der Waals surface area contributed by atoms with Crippen LogP contribution in [0.25, 0.3) is 5.57 Å². The fraction of sp³-hybridized carbons (Fsp3) is 0.333. The molecule has 0 aliphatic carbocycles. The molecule has 17 heavy (non-hydrogen) atoms. The number of rotatable bonds is 3. The van der Waals surface area contributed by atoms with E-state index in [-0.39, 0.29) is 5.56 Å². The van der Waals surface area contributed by atoms with Crippen LogP contribution in [-0.4, -0.2) is 36.1 Å².